The average Bonchev–Trinajstić information content (AvgIpc) is 3.19. The molecule has 2 aromatic heterocycles. The molecule has 2 aromatic carbocycles. The number of aromatic nitrogens is 2. The van der Waals surface area contributed by atoms with Gasteiger partial charge in [0, 0.05) is 23.2 Å². The van der Waals surface area contributed by atoms with Crippen molar-refractivity contribution in [2.45, 2.75) is 32.7 Å². The molecule has 3 heterocycles. The fourth-order valence-electron chi connectivity index (χ4n) is 4.58. The number of amides is 1. The molecule has 1 aliphatic rings. The molecule has 158 valence electrons. The van der Waals surface area contributed by atoms with Gasteiger partial charge in [-0.15, -0.1) is 11.3 Å². The average molecular weight is 432 g/mol. The van der Waals surface area contributed by atoms with Crippen LogP contribution in [0.4, 0.5) is 0 Å². The number of carbonyl (C=O) groups is 1. The first-order valence-electron chi connectivity index (χ1n) is 10.8. The number of thiophene rings is 1. The molecular formula is C25H25N3O2S. The van der Waals surface area contributed by atoms with Crippen molar-refractivity contribution in [2.75, 3.05) is 13.1 Å². The highest BCUT2D eigenvalue weighted by Crippen LogP contribution is 2.32. The van der Waals surface area contributed by atoms with E-state index in [1.54, 1.807) is 11.3 Å². The van der Waals surface area contributed by atoms with Crippen molar-refractivity contribution in [3.63, 3.8) is 0 Å². The van der Waals surface area contributed by atoms with Gasteiger partial charge in [0.2, 0.25) is 5.91 Å². The smallest absolute Gasteiger partial charge is 0.276 e. The molecule has 5 nitrogen and oxygen atoms in total. The first kappa shape index (κ1) is 19.9. The monoisotopic (exact) mass is 431 g/mol. The fraction of sp³-hybridized carbons (Fsp3) is 0.320. The maximum absolute atomic E-state index is 13.2. The predicted molar refractivity (Wildman–Crippen MR) is 126 cm³/mol. The highest BCUT2D eigenvalue weighted by Gasteiger charge is 2.24. The molecule has 4 aromatic rings. The Morgan fingerprint density at radius 2 is 1.77 bits per heavy atom. The highest BCUT2D eigenvalue weighted by atomic mass is 32.1. The Hall–Kier alpha value is -2.99. The summed E-state index contributed by atoms with van der Waals surface area (Å²) in [7, 11) is 0. The van der Waals surface area contributed by atoms with Crippen molar-refractivity contribution in [1.29, 1.82) is 0 Å². The van der Waals surface area contributed by atoms with Gasteiger partial charge in [-0.25, -0.2) is 4.68 Å². The Morgan fingerprint density at radius 1 is 1.06 bits per heavy atom. The van der Waals surface area contributed by atoms with E-state index in [9.17, 15) is 9.59 Å². The molecule has 1 aliphatic heterocycles. The Labute approximate surface area is 184 Å². The Kier molecular flexibility index (Phi) is 5.32. The number of rotatable bonds is 4. The highest BCUT2D eigenvalue weighted by molar-refractivity contribution is 7.26. The van der Waals surface area contributed by atoms with E-state index in [1.165, 1.54) is 10.2 Å². The zero-order chi connectivity index (χ0) is 21.4. The van der Waals surface area contributed by atoms with Crippen LogP contribution in [0.2, 0.25) is 0 Å². The van der Waals surface area contributed by atoms with Crippen LogP contribution in [0.3, 0.4) is 0 Å². The van der Waals surface area contributed by atoms with E-state index < -0.39 is 0 Å². The fourth-order valence-corrected chi connectivity index (χ4v) is 5.72. The Balaban J connectivity index is 1.31. The Bertz CT molecular complexity index is 1300. The summed E-state index contributed by atoms with van der Waals surface area (Å²) in [5.74, 6) is 0.578. The molecule has 0 radical (unpaired) electrons. The molecule has 5 rings (SSSR count). The van der Waals surface area contributed by atoms with Gasteiger partial charge >= 0.3 is 0 Å². The van der Waals surface area contributed by atoms with Crippen molar-refractivity contribution >= 4 is 37.4 Å². The van der Waals surface area contributed by atoms with E-state index in [4.69, 9.17) is 0 Å². The maximum atomic E-state index is 13.2. The lowest BCUT2D eigenvalue weighted by Gasteiger charge is -2.32. The summed E-state index contributed by atoms with van der Waals surface area (Å²) in [6.45, 7) is 3.40. The molecule has 0 unspecified atom stereocenters. The molecule has 1 saturated heterocycles. The number of piperidine rings is 1. The van der Waals surface area contributed by atoms with Crippen LogP contribution < -0.4 is 5.56 Å². The lowest BCUT2D eigenvalue weighted by molar-refractivity contribution is -0.133. The van der Waals surface area contributed by atoms with Crippen LogP contribution in [0, 0.1) is 12.8 Å². The van der Waals surface area contributed by atoms with Crippen LogP contribution in [0.1, 0.15) is 24.1 Å². The van der Waals surface area contributed by atoms with Crippen molar-refractivity contribution in [3.8, 4) is 0 Å². The van der Waals surface area contributed by atoms with Crippen LogP contribution in [-0.4, -0.2) is 33.7 Å². The molecule has 31 heavy (non-hydrogen) atoms. The van der Waals surface area contributed by atoms with E-state index in [-0.39, 0.29) is 18.0 Å². The minimum absolute atomic E-state index is 0.00311. The van der Waals surface area contributed by atoms with Gasteiger partial charge in [-0.3, -0.25) is 9.59 Å². The van der Waals surface area contributed by atoms with Gasteiger partial charge in [-0.2, -0.15) is 5.10 Å². The van der Waals surface area contributed by atoms with Gasteiger partial charge in [0.25, 0.3) is 5.56 Å². The summed E-state index contributed by atoms with van der Waals surface area (Å²) in [6, 6.07) is 18.4. The van der Waals surface area contributed by atoms with Crippen LogP contribution in [0.15, 0.2) is 59.4 Å². The quantitative estimate of drug-likeness (QED) is 0.481. The van der Waals surface area contributed by atoms with Gasteiger partial charge in [0.15, 0.2) is 0 Å². The number of likely N-dealkylation sites (tertiary alicyclic amines) is 1. The second-order valence-corrected chi connectivity index (χ2v) is 9.42. The predicted octanol–water partition coefficient (Wildman–Crippen LogP) is 4.40. The number of hydrogen-bond acceptors (Lipinski definition) is 4. The zero-order valence-corrected chi connectivity index (χ0v) is 18.4. The van der Waals surface area contributed by atoms with E-state index in [2.05, 4.69) is 29.4 Å². The van der Waals surface area contributed by atoms with Crippen LogP contribution in [0.25, 0.3) is 20.2 Å². The van der Waals surface area contributed by atoms with Crippen LogP contribution in [-0.2, 0) is 17.8 Å². The third-order valence-corrected chi connectivity index (χ3v) is 7.54. The van der Waals surface area contributed by atoms with E-state index >= 15 is 0 Å². The summed E-state index contributed by atoms with van der Waals surface area (Å²) in [5, 5.41) is 6.10. The molecule has 1 fully saturated rings. The zero-order valence-electron chi connectivity index (χ0n) is 17.6. The van der Waals surface area contributed by atoms with Crippen LogP contribution in [0.5, 0.6) is 0 Å². The molecule has 0 atom stereocenters. The molecule has 0 aliphatic carbocycles. The number of hydrogen-bond donors (Lipinski definition) is 0. The number of aryl methyl sites for hydroxylation is 1. The summed E-state index contributed by atoms with van der Waals surface area (Å²) in [5.41, 5.74) is 1.98. The molecule has 0 N–H and O–H groups in total. The number of nitrogens with zero attached hydrogens (tertiary/aromatic N) is 3. The topological polar surface area (TPSA) is 55.2 Å². The van der Waals surface area contributed by atoms with Gasteiger partial charge < -0.3 is 4.90 Å². The Morgan fingerprint density at radius 3 is 2.55 bits per heavy atom. The largest absolute Gasteiger partial charge is 0.341 e. The SMILES string of the molecule is Cc1nn(CC(=O)N2CCC(Cc3ccccc3)CC2)c(=O)c2c1sc1ccccc12. The van der Waals surface area contributed by atoms with Gasteiger partial charge in [0.1, 0.15) is 6.54 Å². The van der Waals surface area contributed by atoms with E-state index in [0.717, 1.165) is 52.8 Å². The minimum Gasteiger partial charge on any atom is -0.341 e. The third kappa shape index (κ3) is 3.88. The standard InChI is InChI=1S/C25H25N3O2S/c1-17-24-23(20-9-5-6-10-21(20)31-24)25(30)28(26-17)16-22(29)27-13-11-19(12-14-27)15-18-7-3-2-4-8-18/h2-10,19H,11-16H2,1H3. The van der Waals surface area contributed by atoms with Gasteiger partial charge in [-0.05, 0) is 43.7 Å². The molecule has 0 bridgehead atoms. The minimum atomic E-state index is -0.176. The normalized spacial score (nSPS) is 15.1. The van der Waals surface area contributed by atoms with Crippen molar-refractivity contribution in [2.24, 2.45) is 5.92 Å². The summed E-state index contributed by atoms with van der Waals surface area (Å²) in [6.07, 6.45) is 3.05. The first-order valence-corrected chi connectivity index (χ1v) is 11.6. The van der Waals surface area contributed by atoms with Gasteiger partial charge in [0.05, 0.1) is 15.8 Å². The molecule has 0 saturated carbocycles. The lowest BCUT2D eigenvalue weighted by Crippen LogP contribution is -2.42. The summed E-state index contributed by atoms with van der Waals surface area (Å²) < 4.78 is 3.34. The van der Waals surface area contributed by atoms with Crippen molar-refractivity contribution < 1.29 is 4.79 Å². The number of benzene rings is 2. The van der Waals surface area contributed by atoms with Crippen molar-refractivity contribution in [1.82, 2.24) is 14.7 Å². The second-order valence-electron chi connectivity index (χ2n) is 8.36. The third-order valence-electron chi connectivity index (χ3n) is 6.26. The molecular weight excluding hydrogens is 406 g/mol. The number of carbonyl (C=O) groups excluding carboxylic acids is 1. The molecule has 6 heteroatoms. The van der Waals surface area contributed by atoms with E-state index in [0.29, 0.717) is 11.3 Å². The van der Waals surface area contributed by atoms with Gasteiger partial charge in [-0.1, -0.05) is 48.5 Å². The lowest BCUT2D eigenvalue weighted by atomic mass is 9.90. The summed E-state index contributed by atoms with van der Waals surface area (Å²) in [4.78, 5) is 28.0. The van der Waals surface area contributed by atoms with Crippen molar-refractivity contribution in [3.05, 3.63) is 76.2 Å². The summed E-state index contributed by atoms with van der Waals surface area (Å²) >= 11 is 1.59. The molecule has 0 spiro atoms. The first-order chi connectivity index (χ1) is 15.1. The maximum Gasteiger partial charge on any atom is 0.276 e. The van der Waals surface area contributed by atoms with E-state index in [1.807, 2.05) is 42.2 Å². The molecule has 1 amide bonds. The van der Waals surface area contributed by atoms with Crippen LogP contribution >= 0.6 is 11.3 Å². The second kappa shape index (κ2) is 8.27. The number of fused-ring (bicyclic) bond motifs is 3.